The lowest BCUT2D eigenvalue weighted by Gasteiger charge is -2.05. The molecule has 0 aliphatic rings. The monoisotopic (exact) mass is 394 g/mol. The zero-order valence-corrected chi connectivity index (χ0v) is 13.6. The number of halogens is 2. The molecule has 102 valence electrons. The summed E-state index contributed by atoms with van der Waals surface area (Å²) in [6, 6.07) is 12.9. The van der Waals surface area contributed by atoms with Crippen LogP contribution in [0.5, 0.6) is 0 Å². The van der Waals surface area contributed by atoms with E-state index in [2.05, 4.69) is 37.2 Å². The van der Waals surface area contributed by atoms with Crippen LogP contribution in [0.3, 0.4) is 0 Å². The third-order valence-corrected chi connectivity index (χ3v) is 3.71. The molecule has 0 aliphatic carbocycles. The van der Waals surface area contributed by atoms with Gasteiger partial charge in [-0.1, -0.05) is 28.1 Å². The molecule has 20 heavy (non-hydrogen) atoms. The average Bonchev–Trinajstić information content (AvgIpc) is 2.41. The van der Waals surface area contributed by atoms with Gasteiger partial charge in [0.15, 0.2) is 0 Å². The van der Waals surface area contributed by atoms with Crippen LogP contribution in [0.4, 0.5) is 11.4 Å². The normalized spacial score (nSPS) is 10.7. The first-order valence-corrected chi connectivity index (χ1v) is 7.43. The van der Waals surface area contributed by atoms with Crippen molar-refractivity contribution in [2.45, 2.75) is 0 Å². The number of carbonyl (C=O) groups excluding carboxylic acids is 1. The van der Waals surface area contributed by atoms with Crippen LogP contribution in [-0.2, 0) is 4.79 Å². The summed E-state index contributed by atoms with van der Waals surface area (Å²) in [7, 11) is 0. The molecule has 0 aromatic heterocycles. The maximum atomic E-state index is 11.9. The highest BCUT2D eigenvalue weighted by Crippen LogP contribution is 2.26. The Morgan fingerprint density at radius 1 is 1.15 bits per heavy atom. The van der Waals surface area contributed by atoms with Crippen LogP contribution >= 0.6 is 31.9 Å². The van der Waals surface area contributed by atoms with Crippen molar-refractivity contribution in [3.05, 3.63) is 63.0 Å². The second kappa shape index (κ2) is 6.72. The number of hydrogen-bond donors (Lipinski definition) is 2. The molecule has 2 aromatic carbocycles. The Hall–Kier alpha value is -1.59. The highest BCUT2D eigenvalue weighted by Gasteiger charge is 2.03. The van der Waals surface area contributed by atoms with Crippen LogP contribution in [0.25, 0.3) is 6.08 Å². The fourth-order valence-electron chi connectivity index (χ4n) is 1.60. The first kappa shape index (κ1) is 14.8. The summed E-state index contributed by atoms with van der Waals surface area (Å²) in [5, 5.41) is 2.80. The third kappa shape index (κ3) is 4.21. The van der Waals surface area contributed by atoms with Crippen LogP contribution in [0.2, 0.25) is 0 Å². The molecule has 3 nitrogen and oxygen atoms in total. The quantitative estimate of drug-likeness (QED) is 0.595. The molecule has 0 saturated carbocycles. The van der Waals surface area contributed by atoms with Gasteiger partial charge < -0.3 is 11.1 Å². The van der Waals surface area contributed by atoms with Crippen molar-refractivity contribution in [1.82, 2.24) is 0 Å². The number of nitrogen functional groups attached to an aromatic ring is 1. The standard InChI is InChI=1S/C15H12Br2N2O/c16-11-5-6-13(17)14(9-11)19-15(20)7-4-10-2-1-3-12(18)8-10/h1-9H,18H2,(H,19,20)/b7-4+. The average molecular weight is 396 g/mol. The summed E-state index contributed by atoms with van der Waals surface area (Å²) in [4.78, 5) is 11.9. The lowest BCUT2D eigenvalue weighted by atomic mass is 10.2. The van der Waals surface area contributed by atoms with Gasteiger partial charge in [-0.3, -0.25) is 4.79 Å². The van der Waals surface area contributed by atoms with Crippen LogP contribution in [0.1, 0.15) is 5.56 Å². The third-order valence-electron chi connectivity index (χ3n) is 2.52. The van der Waals surface area contributed by atoms with Crippen molar-refractivity contribution < 1.29 is 4.79 Å². The minimum Gasteiger partial charge on any atom is -0.399 e. The van der Waals surface area contributed by atoms with Gasteiger partial charge in [0.1, 0.15) is 0 Å². The molecule has 2 rings (SSSR count). The fourth-order valence-corrected chi connectivity index (χ4v) is 2.31. The second-order valence-corrected chi connectivity index (χ2v) is 5.89. The zero-order chi connectivity index (χ0) is 14.5. The first-order valence-electron chi connectivity index (χ1n) is 5.84. The minimum atomic E-state index is -0.203. The molecule has 0 atom stereocenters. The van der Waals surface area contributed by atoms with Gasteiger partial charge in [0.2, 0.25) is 5.91 Å². The molecule has 3 N–H and O–H groups in total. The second-order valence-electron chi connectivity index (χ2n) is 4.12. The van der Waals surface area contributed by atoms with E-state index < -0.39 is 0 Å². The van der Waals surface area contributed by atoms with E-state index in [4.69, 9.17) is 5.73 Å². The highest BCUT2D eigenvalue weighted by molar-refractivity contribution is 9.11. The molecule has 0 spiro atoms. The molecule has 0 radical (unpaired) electrons. The smallest absolute Gasteiger partial charge is 0.248 e. The molecular formula is C15H12Br2N2O. The zero-order valence-electron chi connectivity index (χ0n) is 10.4. The number of nitrogens with two attached hydrogens (primary N) is 1. The van der Waals surface area contributed by atoms with E-state index in [0.717, 1.165) is 14.5 Å². The Balaban J connectivity index is 2.07. The summed E-state index contributed by atoms with van der Waals surface area (Å²) in [6.07, 6.45) is 3.19. The SMILES string of the molecule is Nc1cccc(/C=C/C(=O)Nc2cc(Br)ccc2Br)c1. The van der Waals surface area contributed by atoms with Crippen molar-refractivity contribution in [3.8, 4) is 0 Å². The summed E-state index contributed by atoms with van der Waals surface area (Å²) in [5.41, 5.74) is 7.94. The molecule has 0 bridgehead atoms. The Morgan fingerprint density at radius 3 is 2.70 bits per heavy atom. The van der Waals surface area contributed by atoms with E-state index in [9.17, 15) is 4.79 Å². The number of nitrogens with one attached hydrogen (secondary N) is 1. The number of anilines is 2. The van der Waals surface area contributed by atoms with Gasteiger partial charge in [-0.25, -0.2) is 0 Å². The predicted octanol–water partition coefficient (Wildman–Crippen LogP) is 4.45. The molecule has 0 fully saturated rings. The topological polar surface area (TPSA) is 55.1 Å². The largest absolute Gasteiger partial charge is 0.399 e. The molecule has 5 heteroatoms. The number of rotatable bonds is 3. The lowest BCUT2D eigenvalue weighted by molar-refractivity contribution is -0.111. The maximum Gasteiger partial charge on any atom is 0.248 e. The van der Waals surface area contributed by atoms with E-state index in [1.54, 1.807) is 18.2 Å². The van der Waals surface area contributed by atoms with Crippen LogP contribution in [0.15, 0.2) is 57.5 Å². The number of hydrogen-bond acceptors (Lipinski definition) is 2. The van der Waals surface area contributed by atoms with Gasteiger partial charge >= 0.3 is 0 Å². The maximum absolute atomic E-state index is 11.9. The van der Waals surface area contributed by atoms with Gasteiger partial charge in [-0.2, -0.15) is 0 Å². The first-order chi connectivity index (χ1) is 9.54. The molecular weight excluding hydrogens is 384 g/mol. The van der Waals surface area contributed by atoms with Gasteiger partial charge in [0, 0.05) is 20.7 Å². The lowest BCUT2D eigenvalue weighted by Crippen LogP contribution is -2.08. The van der Waals surface area contributed by atoms with Crippen molar-refractivity contribution >= 4 is 55.2 Å². The number of amides is 1. The van der Waals surface area contributed by atoms with Crippen LogP contribution in [-0.4, -0.2) is 5.91 Å². The van der Waals surface area contributed by atoms with Crippen molar-refractivity contribution in [2.75, 3.05) is 11.1 Å². The summed E-state index contributed by atoms with van der Waals surface area (Å²) in [5.74, 6) is -0.203. The van der Waals surface area contributed by atoms with Crippen molar-refractivity contribution in [2.24, 2.45) is 0 Å². The Kier molecular flexibility index (Phi) is 4.98. The highest BCUT2D eigenvalue weighted by atomic mass is 79.9. The molecule has 0 aliphatic heterocycles. The Morgan fingerprint density at radius 2 is 1.95 bits per heavy atom. The molecule has 0 unspecified atom stereocenters. The molecule has 0 heterocycles. The number of carbonyl (C=O) groups is 1. The Labute approximate surface area is 134 Å². The molecule has 0 saturated heterocycles. The van der Waals surface area contributed by atoms with Gasteiger partial charge in [-0.15, -0.1) is 0 Å². The summed E-state index contributed by atoms with van der Waals surface area (Å²) in [6.45, 7) is 0. The van der Waals surface area contributed by atoms with Crippen molar-refractivity contribution in [1.29, 1.82) is 0 Å². The van der Waals surface area contributed by atoms with E-state index in [0.29, 0.717) is 11.4 Å². The van der Waals surface area contributed by atoms with E-state index in [1.807, 2.05) is 30.3 Å². The van der Waals surface area contributed by atoms with Gasteiger partial charge in [0.05, 0.1) is 5.69 Å². The van der Waals surface area contributed by atoms with E-state index in [1.165, 1.54) is 6.08 Å². The van der Waals surface area contributed by atoms with Crippen LogP contribution < -0.4 is 11.1 Å². The number of benzene rings is 2. The Bertz CT molecular complexity index is 669. The van der Waals surface area contributed by atoms with E-state index in [-0.39, 0.29) is 5.91 Å². The minimum absolute atomic E-state index is 0.203. The fraction of sp³-hybridized carbons (Fsp3) is 0. The molecule has 2 aromatic rings. The predicted molar refractivity (Wildman–Crippen MR) is 90.4 cm³/mol. The summed E-state index contributed by atoms with van der Waals surface area (Å²) < 4.78 is 1.72. The van der Waals surface area contributed by atoms with Crippen molar-refractivity contribution in [3.63, 3.8) is 0 Å². The van der Waals surface area contributed by atoms with Gasteiger partial charge in [-0.05, 0) is 57.9 Å². The molecule has 1 amide bonds. The van der Waals surface area contributed by atoms with Gasteiger partial charge in [0.25, 0.3) is 0 Å². The summed E-state index contributed by atoms with van der Waals surface area (Å²) >= 11 is 6.75. The van der Waals surface area contributed by atoms with E-state index >= 15 is 0 Å². The van der Waals surface area contributed by atoms with Crippen LogP contribution in [0, 0.1) is 0 Å².